The van der Waals surface area contributed by atoms with E-state index in [0.717, 1.165) is 64.2 Å². The van der Waals surface area contributed by atoms with Gasteiger partial charge in [0.05, 0.1) is 6.10 Å². The van der Waals surface area contributed by atoms with Gasteiger partial charge >= 0.3 is 5.97 Å². The first-order valence-corrected chi connectivity index (χ1v) is 9.17. The lowest BCUT2D eigenvalue weighted by molar-refractivity contribution is -0.137. The van der Waals surface area contributed by atoms with E-state index in [4.69, 9.17) is 10.2 Å². The van der Waals surface area contributed by atoms with E-state index in [2.05, 4.69) is 0 Å². The Morgan fingerprint density at radius 1 is 0.682 bits per heavy atom. The van der Waals surface area contributed by atoms with Crippen LogP contribution in [0.3, 0.4) is 0 Å². The molecule has 4 heteroatoms. The van der Waals surface area contributed by atoms with Crippen molar-refractivity contribution in [2.24, 2.45) is 0 Å². The normalized spacial score (nSPS) is 12.5. The maximum Gasteiger partial charge on any atom is 0.303 e. The molecule has 0 unspecified atom stereocenters. The number of hydrogen-bond donors (Lipinski definition) is 3. The molecule has 0 aliphatic carbocycles. The van der Waals surface area contributed by atoms with Gasteiger partial charge in [-0.25, -0.2) is 0 Å². The van der Waals surface area contributed by atoms with E-state index in [0.29, 0.717) is 6.61 Å². The number of carboxylic acid groups (broad SMARTS) is 1. The summed E-state index contributed by atoms with van der Waals surface area (Å²) in [5, 5.41) is 27.1. The van der Waals surface area contributed by atoms with Gasteiger partial charge in [0.1, 0.15) is 0 Å². The third kappa shape index (κ3) is 17.4. The molecule has 0 radical (unpaired) electrons. The van der Waals surface area contributed by atoms with Gasteiger partial charge in [-0.3, -0.25) is 4.79 Å². The third-order valence-electron chi connectivity index (χ3n) is 4.12. The number of aliphatic hydroxyl groups excluding tert-OH is 2. The van der Waals surface area contributed by atoms with Gasteiger partial charge in [0.15, 0.2) is 0 Å². The summed E-state index contributed by atoms with van der Waals surface area (Å²) in [6, 6.07) is 0. The third-order valence-corrected chi connectivity index (χ3v) is 4.12. The Bertz CT molecular complexity index is 243. The number of aliphatic carboxylic acids is 1. The average molecular weight is 316 g/mol. The zero-order chi connectivity index (χ0) is 16.5. The molecule has 0 aromatic carbocycles. The van der Waals surface area contributed by atoms with Crippen LogP contribution in [0.4, 0.5) is 0 Å². The summed E-state index contributed by atoms with van der Waals surface area (Å²) >= 11 is 0. The summed E-state index contributed by atoms with van der Waals surface area (Å²) in [5.41, 5.74) is 0. The Balaban J connectivity index is 3.16. The second-order valence-electron chi connectivity index (χ2n) is 6.34. The Morgan fingerprint density at radius 2 is 1.09 bits per heavy atom. The van der Waals surface area contributed by atoms with Gasteiger partial charge in [0, 0.05) is 13.0 Å². The standard InChI is InChI=1S/C18H36O4/c19-16-12-8-3-1-2-5-9-13-17(20)14-10-6-4-7-11-15-18(21)22/h17,19-20H,1-16H2,(H,21,22)/t17-/m0/s1. The summed E-state index contributed by atoms with van der Waals surface area (Å²) in [4.78, 5) is 10.3. The SMILES string of the molecule is O=C(O)CCCCCCC[C@@H](O)CCCCCCCCCO. The molecule has 3 N–H and O–H groups in total. The lowest BCUT2D eigenvalue weighted by Crippen LogP contribution is -2.05. The molecule has 4 nitrogen and oxygen atoms in total. The minimum atomic E-state index is -0.705. The van der Waals surface area contributed by atoms with Crippen LogP contribution in [0.15, 0.2) is 0 Å². The highest BCUT2D eigenvalue weighted by molar-refractivity contribution is 5.66. The Kier molecular flexibility index (Phi) is 16.3. The number of carboxylic acids is 1. The van der Waals surface area contributed by atoms with Crippen molar-refractivity contribution in [1.29, 1.82) is 0 Å². The molecule has 0 amide bonds. The van der Waals surface area contributed by atoms with Gasteiger partial charge in [-0.05, 0) is 25.7 Å². The minimum absolute atomic E-state index is 0.159. The van der Waals surface area contributed by atoms with Crippen LogP contribution in [0, 0.1) is 0 Å². The maximum atomic E-state index is 10.3. The van der Waals surface area contributed by atoms with Crippen LogP contribution in [0.1, 0.15) is 96.3 Å². The summed E-state index contributed by atoms with van der Waals surface area (Å²) < 4.78 is 0. The van der Waals surface area contributed by atoms with Gasteiger partial charge in [0.25, 0.3) is 0 Å². The van der Waals surface area contributed by atoms with Crippen molar-refractivity contribution in [3.05, 3.63) is 0 Å². The number of rotatable bonds is 17. The molecule has 0 saturated heterocycles. The smallest absolute Gasteiger partial charge is 0.303 e. The quantitative estimate of drug-likeness (QED) is 0.350. The number of unbranched alkanes of at least 4 members (excludes halogenated alkanes) is 10. The van der Waals surface area contributed by atoms with E-state index < -0.39 is 5.97 Å². The van der Waals surface area contributed by atoms with Crippen molar-refractivity contribution < 1.29 is 20.1 Å². The van der Waals surface area contributed by atoms with Crippen LogP contribution in [0.2, 0.25) is 0 Å². The number of hydrogen-bond acceptors (Lipinski definition) is 3. The lowest BCUT2D eigenvalue weighted by Gasteiger charge is -2.10. The molecule has 22 heavy (non-hydrogen) atoms. The topological polar surface area (TPSA) is 77.8 Å². The maximum absolute atomic E-state index is 10.3. The molecular weight excluding hydrogens is 280 g/mol. The molecule has 0 rings (SSSR count). The lowest BCUT2D eigenvalue weighted by atomic mass is 10.0. The van der Waals surface area contributed by atoms with E-state index in [-0.39, 0.29) is 12.5 Å². The molecule has 0 saturated carbocycles. The molecule has 0 aliphatic heterocycles. The Labute approximate surface area is 135 Å². The fraction of sp³-hybridized carbons (Fsp3) is 0.944. The second kappa shape index (κ2) is 16.8. The molecular formula is C18H36O4. The summed E-state index contributed by atoms with van der Waals surface area (Å²) in [6.07, 6.45) is 15.0. The van der Waals surface area contributed by atoms with Gasteiger partial charge < -0.3 is 15.3 Å². The molecule has 0 aromatic rings. The van der Waals surface area contributed by atoms with Crippen LogP contribution in [-0.4, -0.2) is 34.0 Å². The summed E-state index contributed by atoms with van der Waals surface area (Å²) in [6.45, 7) is 0.311. The van der Waals surface area contributed by atoms with Gasteiger partial charge in [-0.2, -0.15) is 0 Å². The van der Waals surface area contributed by atoms with Crippen LogP contribution < -0.4 is 0 Å². The van der Waals surface area contributed by atoms with Crippen molar-refractivity contribution in [1.82, 2.24) is 0 Å². The molecule has 0 fully saturated rings. The van der Waals surface area contributed by atoms with Crippen molar-refractivity contribution in [3.63, 3.8) is 0 Å². The number of aliphatic hydroxyl groups is 2. The molecule has 0 bridgehead atoms. The molecule has 0 aromatic heterocycles. The van der Waals surface area contributed by atoms with E-state index >= 15 is 0 Å². The summed E-state index contributed by atoms with van der Waals surface area (Å²) in [5.74, 6) is -0.705. The Hall–Kier alpha value is -0.610. The van der Waals surface area contributed by atoms with Crippen LogP contribution in [-0.2, 0) is 4.79 Å². The first-order chi connectivity index (χ1) is 10.7. The highest BCUT2D eigenvalue weighted by atomic mass is 16.4. The molecule has 132 valence electrons. The molecule has 0 aliphatic rings. The predicted octanol–water partition coefficient (Wildman–Crippen LogP) is 4.28. The highest BCUT2D eigenvalue weighted by Gasteiger charge is 2.04. The molecule has 0 heterocycles. The van der Waals surface area contributed by atoms with Crippen molar-refractivity contribution in [2.45, 2.75) is 102 Å². The van der Waals surface area contributed by atoms with E-state index in [1.54, 1.807) is 0 Å². The Morgan fingerprint density at radius 3 is 1.55 bits per heavy atom. The minimum Gasteiger partial charge on any atom is -0.481 e. The van der Waals surface area contributed by atoms with E-state index in [9.17, 15) is 9.90 Å². The second-order valence-corrected chi connectivity index (χ2v) is 6.34. The highest BCUT2D eigenvalue weighted by Crippen LogP contribution is 2.14. The van der Waals surface area contributed by atoms with Crippen molar-refractivity contribution in [2.75, 3.05) is 6.61 Å². The fourth-order valence-electron chi connectivity index (χ4n) is 2.71. The molecule has 0 spiro atoms. The van der Waals surface area contributed by atoms with Crippen LogP contribution >= 0.6 is 0 Å². The summed E-state index contributed by atoms with van der Waals surface area (Å²) in [7, 11) is 0. The van der Waals surface area contributed by atoms with Crippen LogP contribution in [0.25, 0.3) is 0 Å². The first-order valence-electron chi connectivity index (χ1n) is 9.17. The predicted molar refractivity (Wildman–Crippen MR) is 90.0 cm³/mol. The first kappa shape index (κ1) is 21.4. The van der Waals surface area contributed by atoms with Gasteiger partial charge in [0.2, 0.25) is 0 Å². The fourth-order valence-corrected chi connectivity index (χ4v) is 2.71. The van der Waals surface area contributed by atoms with Gasteiger partial charge in [-0.15, -0.1) is 0 Å². The monoisotopic (exact) mass is 316 g/mol. The van der Waals surface area contributed by atoms with Crippen molar-refractivity contribution >= 4 is 5.97 Å². The number of carbonyl (C=O) groups is 1. The van der Waals surface area contributed by atoms with Crippen molar-refractivity contribution in [3.8, 4) is 0 Å². The van der Waals surface area contributed by atoms with E-state index in [1.807, 2.05) is 0 Å². The van der Waals surface area contributed by atoms with Gasteiger partial charge in [-0.1, -0.05) is 64.2 Å². The van der Waals surface area contributed by atoms with Crippen LogP contribution in [0.5, 0.6) is 0 Å². The molecule has 1 atom stereocenters. The average Bonchev–Trinajstić information content (AvgIpc) is 2.48. The van der Waals surface area contributed by atoms with E-state index in [1.165, 1.54) is 25.7 Å². The zero-order valence-corrected chi connectivity index (χ0v) is 14.1. The zero-order valence-electron chi connectivity index (χ0n) is 14.1. The largest absolute Gasteiger partial charge is 0.481 e.